The van der Waals surface area contributed by atoms with Gasteiger partial charge in [-0.25, -0.2) is 4.79 Å². The molecule has 0 saturated carbocycles. The molecule has 0 heterocycles. The highest BCUT2D eigenvalue weighted by atomic mass is 32.2. The lowest BCUT2D eigenvalue weighted by atomic mass is 10.2. The molecule has 6 nitrogen and oxygen atoms in total. The van der Waals surface area contributed by atoms with Crippen LogP contribution in [0.2, 0.25) is 0 Å². The highest BCUT2D eigenvalue weighted by Gasteiger charge is 2.06. The van der Waals surface area contributed by atoms with E-state index in [4.69, 9.17) is 14.0 Å². The second kappa shape index (κ2) is 9.94. The number of esters is 1. The molecule has 0 radical (unpaired) electrons. The summed E-state index contributed by atoms with van der Waals surface area (Å²) < 4.78 is 39.7. The lowest BCUT2D eigenvalue weighted by molar-refractivity contribution is -0.138. The number of rotatable bonds is 11. The van der Waals surface area contributed by atoms with Crippen molar-refractivity contribution in [1.29, 1.82) is 0 Å². The van der Waals surface area contributed by atoms with Crippen molar-refractivity contribution < 1.29 is 27.2 Å². The Labute approximate surface area is 114 Å². The van der Waals surface area contributed by atoms with Crippen LogP contribution in [-0.2, 0) is 24.4 Å². The molecule has 0 aromatic carbocycles. The Kier molecular flexibility index (Phi) is 9.46. The largest absolute Gasteiger partial charge is 0.462 e. The van der Waals surface area contributed by atoms with Gasteiger partial charge in [0.15, 0.2) is 0 Å². The molecule has 0 aromatic rings. The van der Waals surface area contributed by atoms with Crippen LogP contribution >= 0.6 is 0 Å². The predicted octanol–water partition coefficient (Wildman–Crippen LogP) is 1.57. The first kappa shape index (κ1) is 18.1. The van der Waals surface area contributed by atoms with Crippen LogP contribution in [0.5, 0.6) is 0 Å². The van der Waals surface area contributed by atoms with E-state index in [1.807, 2.05) is 6.92 Å². The van der Waals surface area contributed by atoms with Gasteiger partial charge in [0, 0.05) is 12.5 Å². The van der Waals surface area contributed by atoms with E-state index in [1.54, 1.807) is 0 Å². The van der Waals surface area contributed by atoms with Crippen LogP contribution in [0.4, 0.5) is 0 Å². The summed E-state index contributed by atoms with van der Waals surface area (Å²) in [6.45, 7) is 5.94. The van der Waals surface area contributed by atoms with E-state index in [9.17, 15) is 13.2 Å². The molecule has 0 aliphatic rings. The molecule has 1 atom stereocenters. The third-order valence-corrected chi connectivity index (χ3v) is 3.17. The van der Waals surface area contributed by atoms with Crippen molar-refractivity contribution in [2.45, 2.75) is 38.7 Å². The minimum Gasteiger partial charge on any atom is -0.462 e. The molecular formula is C12H22O6S. The van der Waals surface area contributed by atoms with Crippen molar-refractivity contribution >= 4 is 16.1 Å². The van der Waals surface area contributed by atoms with Gasteiger partial charge >= 0.3 is 5.97 Å². The Morgan fingerprint density at radius 1 is 1.32 bits per heavy atom. The SMILES string of the molecule is C=CC(=O)OCCCOC(C)CCCCS(=O)(=O)O. The Morgan fingerprint density at radius 3 is 2.58 bits per heavy atom. The maximum absolute atomic E-state index is 10.7. The Hall–Kier alpha value is -0.920. The summed E-state index contributed by atoms with van der Waals surface area (Å²) in [5.74, 6) is -0.657. The van der Waals surface area contributed by atoms with E-state index in [-0.39, 0.29) is 11.9 Å². The monoisotopic (exact) mass is 294 g/mol. The van der Waals surface area contributed by atoms with E-state index in [0.717, 1.165) is 12.5 Å². The van der Waals surface area contributed by atoms with Crippen LogP contribution in [0.15, 0.2) is 12.7 Å². The zero-order valence-electron chi connectivity index (χ0n) is 11.2. The zero-order valence-corrected chi connectivity index (χ0v) is 12.0. The number of carbonyl (C=O) groups excluding carboxylic acids is 1. The predicted molar refractivity (Wildman–Crippen MR) is 71.5 cm³/mol. The fourth-order valence-corrected chi connectivity index (χ4v) is 1.94. The molecule has 19 heavy (non-hydrogen) atoms. The van der Waals surface area contributed by atoms with E-state index in [2.05, 4.69) is 6.58 Å². The zero-order chi connectivity index (χ0) is 14.7. The molecule has 0 saturated heterocycles. The quantitative estimate of drug-likeness (QED) is 0.269. The molecule has 0 aromatic heterocycles. The molecule has 0 fully saturated rings. The van der Waals surface area contributed by atoms with Crippen LogP contribution in [0, 0.1) is 0 Å². The van der Waals surface area contributed by atoms with Gasteiger partial charge in [0.1, 0.15) is 0 Å². The van der Waals surface area contributed by atoms with E-state index in [1.165, 1.54) is 0 Å². The molecule has 1 N–H and O–H groups in total. The first-order chi connectivity index (χ1) is 8.85. The van der Waals surface area contributed by atoms with Crippen molar-refractivity contribution in [2.24, 2.45) is 0 Å². The fourth-order valence-electron chi connectivity index (χ4n) is 1.37. The third kappa shape index (κ3) is 13.3. The molecule has 0 spiro atoms. The van der Waals surface area contributed by atoms with Crippen molar-refractivity contribution in [3.63, 3.8) is 0 Å². The van der Waals surface area contributed by atoms with Crippen molar-refractivity contribution in [3.05, 3.63) is 12.7 Å². The molecule has 0 rings (SSSR count). The first-order valence-corrected chi connectivity index (χ1v) is 7.82. The van der Waals surface area contributed by atoms with E-state index in [0.29, 0.717) is 32.5 Å². The van der Waals surface area contributed by atoms with Gasteiger partial charge < -0.3 is 9.47 Å². The molecule has 112 valence electrons. The Balaban J connectivity index is 3.42. The van der Waals surface area contributed by atoms with Crippen LogP contribution in [-0.4, -0.2) is 44.0 Å². The topological polar surface area (TPSA) is 89.9 Å². The standard InChI is InChI=1S/C12H22O6S/c1-3-12(13)18-9-6-8-17-11(2)7-4-5-10-19(14,15)16/h3,11H,1,4-10H2,2H3,(H,14,15,16). The second-order valence-corrected chi connectivity index (χ2v) is 5.76. The summed E-state index contributed by atoms with van der Waals surface area (Å²) in [6.07, 6.45) is 3.54. The second-order valence-electron chi connectivity index (χ2n) is 4.19. The minimum atomic E-state index is -3.85. The maximum atomic E-state index is 10.7. The highest BCUT2D eigenvalue weighted by Crippen LogP contribution is 2.06. The fraction of sp³-hybridized carbons (Fsp3) is 0.750. The average Bonchev–Trinajstić information content (AvgIpc) is 2.32. The summed E-state index contributed by atoms with van der Waals surface area (Å²) in [4.78, 5) is 10.7. The van der Waals surface area contributed by atoms with Gasteiger partial charge in [-0.1, -0.05) is 6.58 Å². The summed E-state index contributed by atoms with van der Waals surface area (Å²) in [5.41, 5.74) is 0. The lowest BCUT2D eigenvalue weighted by Gasteiger charge is -2.12. The third-order valence-electron chi connectivity index (χ3n) is 2.36. The van der Waals surface area contributed by atoms with Crippen LogP contribution in [0.25, 0.3) is 0 Å². The average molecular weight is 294 g/mol. The summed E-state index contributed by atoms with van der Waals surface area (Å²) in [5, 5.41) is 0. The number of ether oxygens (including phenoxy) is 2. The van der Waals surface area contributed by atoms with Crippen LogP contribution in [0.3, 0.4) is 0 Å². The number of unbranched alkanes of at least 4 members (excludes halogenated alkanes) is 1. The molecule has 1 unspecified atom stereocenters. The number of carbonyl (C=O) groups is 1. The molecule has 7 heteroatoms. The normalized spacial score (nSPS) is 12.9. The van der Waals surface area contributed by atoms with Gasteiger partial charge in [0.2, 0.25) is 0 Å². The highest BCUT2D eigenvalue weighted by molar-refractivity contribution is 7.85. The van der Waals surface area contributed by atoms with Crippen LogP contribution < -0.4 is 0 Å². The smallest absolute Gasteiger partial charge is 0.330 e. The van der Waals surface area contributed by atoms with Gasteiger partial charge in [-0.05, 0) is 26.2 Å². The van der Waals surface area contributed by atoms with E-state index >= 15 is 0 Å². The maximum Gasteiger partial charge on any atom is 0.330 e. The Bertz CT molecular complexity index is 362. The molecule has 0 aliphatic heterocycles. The van der Waals surface area contributed by atoms with Gasteiger partial charge in [-0.3, -0.25) is 4.55 Å². The summed E-state index contributed by atoms with van der Waals surface area (Å²) in [7, 11) is -3.85. The lowest BCUT2D eigenvalue weighted by Crippen LogP contribution is -2.12. The van der Waals surface area contributed by atoms with Gasteiger partial charge in [0.25, 0.3) is 10.1 Å². The van der Waals surface area contributed by atoms with Crippen LogP contribution in [0.1, 0.15) is 32.6 Å². The summed E-state index contributed by atoms with van der Waals surface area (Å²) in [6, 6.07) is 0. The van der Waals surface area contributed by atoms with Crippen molar-refractivity contribution in [3.8, 4) is 0 Å². The number of hydrogen-bond donors (Lipinski definition) is 1. The first-order valence-electron chi connectivity index (χ1n) is 6.21. The van der Waals surface area contributed by atoms with Gasteiger partial charge in [0.05, 0.1) is 25.1 Å². The van der Waals surface area contributed by atoms with Gasteiger partial charge in [-0.15, -0.1) is 0 Å². The summed E-state index contributed by atoms with van der Waals surface area (Å²) >= 11 is 0. The van der Waals surface area contributed by atoms with Crippen molar-refractivity contribution in [2.75, 3.05) is 19.0 Å². The molecule has 0 bridgehead atoms. The van der Waals surface area contributed by atoms with Crippen molar-refractivity contribution in [1.82, 2.24) is 0 Å². The minimum absolute atomic E-state index is 0.0107. The molecular weight excluding hydrogens is 272 g/mol. The Morgan fingerprint density at radius 2 is 2.00 bits per heavy atom. The van der Waals surface area contributed by atoms with E-state index < -0.39 is 16.1 Å². The molecule has 0 amide bonds. The van der Waals surface area contributed by atoms with Gasteiger partial charge in [-0.2, -0.15) is 8.42 Å². The number of hydrogen-bond acceptors (Lipinski definition) is 5. The molecule has 0 aliphatic carbocycles.